The van der Waals surface area contributed by atoms with Crippen molar-refractivity contribution in [3.8, 4) is 0 Å². The van der Waals surface area contributed by atoms with Crippen LogP contribution in [0.2, 0.25) is 0 Å². The molecule has 1 heterocycles. The lowest BCUT2D eigenvalue weighted by atomic mass is 9.91. The summed E-state index contributed by atoms with van der Waals surface area (Å²) in [4.78, 5) is 1.41. The van der Waals surface area contributed by atoms with Crippen molar-refractivity contribution >= 4 is 11.3 Å². The number of aryl methyl sites for hydroxylation is 3. The standard InChI is InChI=1S/C16H21NS/c1-5-17-16(14-9-10-18-13(14)4)15-11(2)7-6-8-12(15)3/h6-10,16-17H,5H2,1-4H3. The van der Waals surface area contributed by atoms with Crippen molar-refractivity contribution in [3.05, 3.63) is 56.8 Å². The lowest BCUT2D eigenvalue weighted by Crippen LogP contribution is -2.23. The van der Waals surface area contributed by atoms with Crippen molar-refractivity contribution in [3.63, 3.8) is 0 Å². The maximum Gasteiger partial charge on any atom is 0.0592 e. The third-order valence-corrected chi connectivity index (χ3v) is 4.31. The molecule has 0 bridgehead atoms. The highest BCUT2D eigenvalue weighted by Crippen LogP contribution is 2.31. The van der Waals surface area contributed by atoms with Gasteiger partial charge in [-0.05, 0) is 61.0 Å². The molecule has 0 saturated heterocycles. The summed E-state index contributed by atoms with van der Waals surface area (Å²) in [5.74, 6) is 0. The minimum Gasteiger partial charge on any atom is -0.306 e. The fourth-order valence-electron chi connectivity index (χ4n) is 2.55. The van der Waals surface area contributed by atoms with Gasteiger partial charge >= 0.3 is 0 Å². The Morgan fingerprint density at radius 2 is 1.78 bits per heavy atom. The first-order valence-electron chi connectivity index (χ1n) is 6.48. The Morgan fingerprint density at radius 1 is 1.11 bits per heavy atom. The minimum absolute atomic E-state index is 0.322. The van der Waals surface area contributed by atoms with Crippen molar-refractivity contribution < 1.29 is 0 Å². The molecule has 2 aromatic rings. The molecular formula is C16H21NS. The van der Waals surface area contributed by atoms with Crippen LogP contribution in [0, 0.1) is 20.8 Å². The second kappa shape index (κ2) is 5.68. The van der Waals surface area contributed by atoms with Crippen molar-refractivity contribution in [1.82, 2.24) is 5.32 Å². The Morgan fingerprint density at radius 3 is 2.28 bits per heavy atom. The summed E-state index contributed by atoms with van der Waals surface area (Å²) in [6.45, 7) is 9.76. The van der Waals surface area contributed by atoms with Crippen molar-refractivity contribution in [1.29, 1.82) is 0 Å². The van der Waals surface area contributed by atoms with Gasteiger partial charge in [0.15, 0.2) is 0 Å². The zero-order valence-electron chi connectivity index (χ0n) is 11.6. The third kappa shape index (κ3) is 2.50. The molecule has 1 aromatic heterocycles. The second-order valence-electron chi connectivity index (χ2n) is 4.73. The molecule has 0 aliphatic rings. The Balaban J connectivity index is 2.52. The van der Waals surface area contributed by atoms with Crippen LogP contribution in [-0.2, 0) is 0 Å². The first-order chi connectivity index (χ1) is 8.65. The van der Waals surface area contributed by atoms with E-state index in [4.69, 9.17) is 0 Å². The largest absolute Gasteiger partial charge is 0.306 e. The molecule has 0 spiro atoms. The highest BCUT2D eigenvalue weighted by Gasteiger charge is 2.19. The first kappa shape index (κ1) is 13.3. The number of thiophene rings is 1. The maximum absolute atomic E-state index is 3.63. The van der Waals surface area contributed by atoms with Gasteiger partial charge in [-0.2, -0.15) is 0 Å². The number of hydrogen-bond donors (Lipinski definition) is 1. The molecule has 1 aromatic carbocycles. The van der Waals surface area contributed by atoms with Gasteiger partial charge in [-0.15, -0.1) is 11.3 Å². The van der Waals surface area contributed by atoms with Gasteiger partial charge in [0.25, 0.3) is 0 Å². The molecule has 1 atom stereocenters. The SMILES string of the molecule is CCNC(c1ccsc1C)c1c(C)cccc1C. The fourth-order valence-corrected chi connectivity index (χ4v) is 3.29. The van der Waals surface area contributed by atoms with Gasteiger partial charge in [-0.3, -0.25) is 0 Å². The fraction of sp³-hybridized carbons (Fsp3) is 0.375. The van der Waals surface area contributed by atoms with E-state index in [-0.39, 0.29) is 0 Å². The molecule has 1 N–H and O–H groups in total. The van der Waals surface area contributed by atoms with Crippen LogP contribution >= 0.6 is 11.3 Å². The van der Waals surface area contributed by atoms with E-state index < -0.39 is 0 Å². The van der Waals surface area contributed by atoms with E-state index in [1.165, 1.54) is 27.1 Å². The average Bonchev–Trinajstić information content (AvgIpc) is 2.74. The van der Waals surface area contributed by atoms with Gasteiger partial charge < -0.3 is 5.32 Å². The Kier molecular flexibility index (Phi) is 4.20. The summed E-state index contributed by atoms with van der Waals surface area (Å²) in [7, 11) is 0. The van der Waals surface area contributed by atoms with Crippen LogP contribution in [0.4, 0.5) is 0 Å². The van der Waals surface area contributed by atoms with E-state index in [9.17, 15) is 0 Å². The first-order valence-corrected chi connectivity index (χ1v) is 7.36. The molecule has 18 heavy (non-hydrogen) atoms. The molecule has 0 aliphatic carbocycles. The molecule has 2 rings (SSSR count). The molecule has 96 valence electrons. The molecule has 1 unspecified atom stereocenters. The number of nitrogens with one attached hydrogen (secondary N) is 1. The highest BCUT2D eigenvalue weighted by molar-refractivity contribution is 7.10. The van der Waals surface area contributed by atoms with Crippen LogP contribution < -0.4 is 5.32 Å². The summed E-state index contributed by atoms with van der Waals surface area (Å²) in [5, 5.41) is 5.81. The van der Waals surface area contributed by atoms with Crippen LogP contribution in [0.5, 0.6) is 0 Å². The predicted molar refractivity (Wildman–Crippen MR) is 80.5 cm³/mol. The predicted octanol–water partition coefficient (Wildman–Crippen LogP) is 4.37. The van der Waals surface area contributed by atoms with Crippen LogP contribution in [0.25, 0.3) is 0 Å². The van der Waals surface area contributed by atoms with Crippen molar-refractivity contribution in [2.45, 2.75) is 33.7 Å². The number of hydrogen-bond acceptors (Lipinski definition) is 2. The molecule has 0 radical (unpaired) electrons. The lowest BCUT2D eigenvalue weighted by Gasteiger charge is -2.22. The van der Waals surface area contributed by atoms with Crippen molar-refractivity contribution in [2.75, 3.05) is 6.54 Å². The van der Waals surface area contributed by atoms with E-state index in [1.54, 1.807) is 0 Å². The molecule has 0 saturated carbocycles. The van der Waals surface area contributed by atoms with E-state index in [2.05, 4.69) is 62.7 Å². The van der Waals surface area contributed by atoms with E-state index in [0.29, 0.717) is 6.04 Å². The molecule has 0 fully saturated rings. The quantitative estimate of drug-likeness (QED) is 0.859. The normalized spacial score (nSPS) is 12.7. The van der Waals surface area contributed by atoms with Crippen LogP contribution in [-0.4, -0.2) is 6.54 Å². The Bertz CT molecular complexity index is 507. The molecule has 0 amide bonds. The smallest absolute Gasteiger partial charge is 0.0592 e. The van der Waals surface area contributed by atoms with Gasteiger partial charge in [0.05, 0.1) is 6.04 Å². The number of benzene rings is 1. The van der Waals surface area contributed by atoms with Gasteiger partial charge in [-0.25, -0.2) is 0 Å². The van der Waals surface area contributed by atoms with Gasteiger partial charge in [0.1, 0.15) is 0 Å². The zero-order chi connectivity index (χ0) is 13.1. The minimum atomic E-state index is 0.322. The van der Waals surface area contributed by atoms with Gasteiger partial charge in [-0.1, -0.05) is 25.1 Å². The molecule has 0 aliphatic heterocycles. The highest BCUT2D eigenvalue weighted by atomic mass is 32.1. The molecular weight excluding hydrogens is 238 g/mol. The summed E-state index contributed by atoms with van der Waals surface area (Å²) in [5.41, 5.74) is 5.58. The Labute approximate surface area is 114 Å². The van der Waals surface area contributed by atoms with Crippen molar-refractivity contribution in [2.24, 2.45) is 0 Å². The summed E-state index contributed by atoms with van der Waals surface area (Å²) in [6, 6.07) is 9.11. The molecule has 2 heteroatoms. The van der Waals surface area contributed by atoms with Crippen LogP contribution in [0.3, 0.4) is 0 Å². The van der Waals surface area contributed by atoms with Gasteiger partial charge in [0, 0.05) is 4.88 Å². The summed E-state index contributed by atoms with van der Waals surface area (Å²) < 4.78 is 0. The van der Waals surface area contributed by atoms with E-state index >= 15 is 0 Å². The van der Waals surface area contributed by atoms with E-state index in [1.807, 2.05) is 11.3 Å². The second-order valence-corrected chi connectivity index (χ2v) is 5.85. The summed E-state index contributed by atoms with van der Waals surface area (Å²) >= 11 is 1.82. The molecule has 1 nitrogen and oxygen atoms in total. The maximum atomic E-state index is 3.63. The third-order valence-electron chi connectivity index (χ3n) is 3.45. The monoisotopic (exact) mass is 259 g/mol. The summed E-state index contributed by atoms with van der Waals surface area (Å²) in [6.07, 6.45) is 0. The average molecular weight is 259 g/mol. The zero-order valence-corrected chi connectivity index (χ0v) is 12.4. The topological polar surface area (TPSA) is 12.0 Å². The Hall–Kier alpha value is -1.12. The van der Waals surface area contributed by atoms with Gasteiger partial charge in [0.2, 0.25) is 0 Å². The van der Waals surface area contributed by atoms with E-state index in [0.717, 1.165) is 6.54 Å². The van der Waals surface area contributed by atoms with Crippen LogP contribution in [0.15, 0.2) is 29.6 Å². The van der Waals surface area contributed by atoms with Crippen LogP contribution in [0.1, 0.15) is 40.1 Å². The number of rotatable bonds is 4. The lowest BCUT2D eigenvalue weighted by molar-refractivity contribution is 0.624.